The fourth-order valence-electron chi connectivity index (χ4n) is 6.43. The van der Waals surface area contributed by atoms with Crippen LogP contribution in [0.5, 0.6) is 0 Å². The third-order valence-corrected chi connectivity index (χ3v) is 13.7. The van der Waals surface area contributed by atoms with E-state index in [0.717, 1.165) is 0 Å². The van der Waals surface area contributed by atoms with Gasteiger partial charge in [-0.1, -0.05) is 0 Å². The molecule has 1 heteroatoms. The molecular weight excluding hydrogens is 439 g/mol. The second kappa shape index (κ2) is 8.76. The van der Waals surface area contributed by atoms with Gasteiger partial charge in [-0.25, -0.2) is 0 Å². The van der Waals surface area contributed by atoms with Gasteiger partial charge >= 0.3 is 213 Å². The van der Waals surface area contributed by atoms with E-state index >= 15 is 0 Å². The molecule has 0 aliphatic heterocycles. The molecule has 0 saturated carbocycles. The Morgan fingerprint density at radius 1 is 0.514 bits per heavy atom. The third kappa shape index (κ3) is 3.88. The van der Waals surface area contributed by atoms with Gasteiger partial charge in [-0.2, -0.15) is 0 Å². The molecule has 0 bridgehead atoms. The van der Waals surface area contributed by atoms with E-state index in [1.165, 1.54) is 45.2 Å². The molecule has 0 spiro atoms. The van der Waals surface area contributed by atoms with E-state index in [-0.39, 0.29) is 10.8 Å². The number of aryl methyl sites for hydroxylation is 2. The van der Waals surface area contributed by atoms with Crippen molar-refractivity contribution >= 4 is 28.5 Å². The van der Waals surface area contributed by atoms with Crippen molar-refractivity contribution in [3.63, 3.8) is 0 Å². The Balaban J connectivity index is 1.97. The first-order valence-corrected chi connectivity index (χ1v) is 15.0. The van der Waals surface area contributed by atoms with Gasteiger partial charge in [-0.15, -0.1) is 0 Å². The van der Waals surface area contributed by atoms with Gasteiger partial charge in [0.2, 0.25) is 0 Å². The Kier molecular flexibility index (Phi) is 6.01. The summed E-state index contributed by atoms with van der Waals surface area (Å²) >= 11 is 0. The molecule has 0 aromatic heterocycles. The number of hydrogen-bond acceptors (Lipinski definition) is 0. The molecule has 1 aliphatic rings. The zero-order valence-electron chi connectivity index (χ0n) is 22.2. The number of benzene rings is 4. The van der Waals surface area contributed by atoms with E-state index in [1.54, 1.807) is 11.1 Å². The Morgan fingerprint density at radius 3 is 1.49 bits per heavy atom. The van der Waals surface area contributed by atoms with Gasteiger partial charge in [0.25, 0.3) is 0 Å². The van der Waals surface area contributed by atoms with Crippen molar-refractivity contribution in [2.45, 2.75) is 65.2 Å². The predicted molar refractivity (Wildman–Crippen MR) is 157 cm³/mol. The maximum absolute atomic E-state index is 2.64. The molecule has 0 atom stereocenters. The summed E-state index contributed by atoms with van der Waals surface area (Å²) in [5, 5.41) is 5.94. The molecule has 4 aromatic carbocycles. The summed E-state index contributed by atoms with van der Waals surface area (Å²) in [5.41, 5.74) is 6.28. The fraction of sp³-hybridized carbons (Fsp3) is 0.294. The van der Waals surface area contributed by atoms with Crippen LogP contribution < -0.4 is 21.2 Å². The van der Waals surface area contributed by atoms with E-state index in [4.69, 9.17) is 0 Å². The van der Waals surface area contributed by atoms with E-state index < -0.39 is 7.26 Å². The Bertz CT molecular complexity index is 1310. The summed E-state index contributed by atoms with van der Waals surface area (Å²) < 4.78 is 0. The first kappa shape index (κ1) is 24.0. The van der Waals surface area contributed by atoms with Crippen LogP contribution in [0.3, 0.4) is 0 Å². The summed E-state index contributed by atoms with van der Waals surface area (Å²) in [6, 6.07) is 37.0. The summed E-state index contributed by atoms with van der Waals surface area (Å²) in [6.45, 7) is 14.4. The van der Waals surface area contributed by atoms with E-state index in [2.05, 4.69) is 139 Å². The fourth-order valence-corrected chi connectivity index (χ4v) is 11.7. The third-order valence-electron chi connectivity index (χ3n) is 8.56. The molecule has 0 amide bonds. The maximum atomic E-state index is 2.64. The van der Waals surface area contributed by atoms with Crippen molar-refractivity contribution in [3.8, 4) is 0 Å². The molecule has 0 fully saturated rings. The van der Waals surface area contributed by atoms with E-state index in [9.17, 15) is 0 Å². The second-order valence-electron chi connectivity index (χ2n) is 11.8. The number of hydrogen-bond donors (Lipinski definition) is 0. The second-order valence-corrected chi connectivity index (χ2v) is 15.5. The SMILES string of the molecule is Cc1ccccc1[PH](c1ccccc1)(c1ccccc1)c1cc2c(cc1C)C(C)(C)CCC2(C)C. The minimum atomic E-state index is -2.56. The molecule has 4 aromatic rings. The van der Waals surface area contributed by atoms with Crippen LogP contribution in [0.2, 0.25) is 0 Å². The van der Waals surface area contributed by atoms with E-state index in [0.29, 0.717) is 0 Å². The molecule has 0 heterocycles. The summed E-state index contributed by atoms with van der Waals surface area (Å²) in [6.07, 6.45) is 2.47. The van der Waals surface area contributed by atoms with Gasteiger partial charge in [0, 0.05) is 0 Å². The van der Waals surface area contributed by atoms with Crippen molar-refractivity contribution < 1.29 is 0 Å². The quantitative estimate of drug-likeness (QED) is 0.277. The van der Waals surface area contributed by atoms with Gasteiger partial charge < -0.3 is 0 Å². The van der Waals surface area contributed by atoms with Crippen molar-refractivity contribution in [1.29, 1.82) is 0 Å². The summed E-state index contributed by atoms with van der Waals surface area (Å²) in [5.74, 6) is 0. The molecule has 0 radical (unpaired) electrons. The average molecular weight is 479 g/mol. The zero-order valence-corrected chi connectivity index (χ0v) is 23.2. The summed E-state index contributed by atoms with van der Waals surface area (Å²) in [4.78, 5) is 0. The van der Waals surface area contributed by atoms with Gasteiger partial charge in [0.1, 0.15) is 0 Å². The van der Waals surface area contributed by atoms with Crippen LogP contribution in [0.4, 0.5) is 0 Å². The van der Waals surface area contributed by atoms with Gasteiger partial charge in [0.05, 0.1) is 0 Å². The van der Waals surface area contributed by atoms with Gasteiger partial charge in [-0.05, 0) is 0 Å². The normalized spacial score (nSPS) is 17.0. The van der Waals surface area contributed by atoms with Crippen molar-refractivity contribution in [2.24, 2.45) is 0 Å². The van der Waals surface area contributed by atoms with Gasteiger partial charge in [-0.3, -0.25) is 0 Å². The molecule has 35 heavy (non-hydrogen) atoms. The molecule has 0 unspecified atom stereocenters. The van der Waals surface area contributed by atoms with Crippen LogP contribution in [0.25, 0.3) is 0 Å². The van der Waals surface area contributed by atoms with Crippen molar-refractivity contribution in [1.82, 2.24) is 0 Å². The Morgan fingerprint density at radius 2 is 0.971 bits per heavy atom. The van der Waals surface area contributed by atoms with Crippen molar-refractivity contribution in [3.05, 3.63) is 119 Å². The molecule has 0 saturated heterocycles. The molecule has 0 N–H and O–H groups in total. The van der Waals surface area contributed by atoms with Crippen LogP contribution in [-0.2, 0) is 10.8 Å². The monoisotopic (exact) mass is 478 g/mol. The van der Waals surface area contributed by atoms with Crippen LogP contribution in [0, 0.1) is 13.8 Å². The Labute approximate surface area is 212 Å². The van der Waals surface area contributed by atoms with E-state index in [1.807, 2.05) is 0 Å². The average Bonchev–Trinajstić information content (AvgIpc) is 2.85. The topological polar surface area (TPSA) is 0 Å². The first-order valence-electron chi connectivity index (χ1n) is 13.0. The number of fused-ring (bicyclic) bond motifs is 1. The molecular formula is C34H39P. The van der Waals surface area contributed by atoms with Crippen LogP contribution >= 0.6 is 7.26 Å². The molecule has 0 nitrogen and oxygen atoms in total. The predicted octanol–water partition coefficient (Wildman–Crippen LogP) is 7.00. The minimum absolute atomic E-state index is 0.173. The molecule has 5 rings (SSSR count). The standard InChI is InChI=1S/C34H39P/c1-25-15-13-14-20-31(25)35(27-16-9-7-10-17-27,28-18-11-8-12-19-28)32-24-30-29(23-26(32)2)33(3,4)21-22-34(30,5)6/h7-20,23-24,35H,21-22H2,1-6H3. The molecule has 180 valence electrons. The van der Waals surface area contributed by atoms with Gasteiger partial charge in [0.15, 0.2) is 0 Å². The van der Waals surface area contributed by atoms with Crippen LogP contribution in [0.1, 0.15) is 62.8 Å². The molecule has 1 aliphatic carbocycles. The zero-order chi connectivity index (χ0) is 24.8. The van der Waals surface area contributed by atoms with Crippen LogP contribution in [-0.4, -0.2) is 0 Å². The number of rotatable bonds is 4. The van der Waals surface area contributed by atoms with Crippen LogP contribution in [0.15, 0.2) is 97.1 Å². The first-order chi connectivity index (χ1) is 16.7. The van der Waals surface area contributed by atoms with Crippen molar-refractivity contribution in [2.75, 3.05) is 0 Å². The summed E-state index contributed by atoms with van der Waals surface area (Å²) in [7, 11) is -2.56. The Hall–Kier alpha value is -2.69.